The molecule has 0 N–H and O–H groups in total. The van der Waals surface area contributed by atoms with E-state index in [0.717, 1.165) is 43.0 Å². The molecule has 0 atom stereocenters. The fourth-order valence-corrected chi connectivity index (χ4v) is 3.68. The molecule has 0 bridgehead atoms. The van der Waals surface area contributed by atoms with E-state index in [1.54, 1.807) is 26.1 Å². The van der Waals surface area contributed by atoms with E-state index in [9.17, 15) is 9.59 Å². The highest BCUT2D eigenvalue weighted by molar-refractivity contribution is 5.93. The predicted molar refractivity (Wildman–Crippen MR) is 102 cm³/mol. The third-order valence-corrected chi connectivity index (χ3v) is 4.96. The third-order valence-electron chi connectivity index (χ3n) is 4.96. The Balaban J connectivity index is 1.89. The van der Waals surface area contributed by atoms with Crippen LogP contribution in [0.4, 0.5) is 0 Å². The Bertz CT molecular complexity index is 1100. The number of nitrogens with zero attached hydrogens (tertiary/aromatic N) is 4. The van der Waals surface area contributed by atoms with Crippen molar-refractivity contribution >= 4 is 11.6 Å². The van der Waals surface area contributed by atoms with Gasteiger partial charge in [0.25, 0.3) is 11.5 Å². The molecule has 3 aromatic heterocycles. The van der Waals surface area contributed by atoms with Crippen LogP contribution in [-0.2, 0) is 6.54 Å². The van der Waals surface area contributed by atoms with Crippen molar-refractivity contribution in [1.82, 2.24) is 18.9 Å². The summed E-state index contributed by atoms with van der Waals surface area (Å²) in [6.07, 6.45) is 7.15. The lowest BCUT2D eigenvalue weighted by Crippen LogP contribution is -2.28. The molecule has 1 fully saturated rings. The predicted octanol–water partition coefficient (Wildman–Crippen LogP) is 2.79. The zero-order valence-electron chi connectivity index (χ0n) is 15.6. The number of allylic oxidation sites excluding steroid dienone is 1. The molecule has 0 aromatic carbocycles. The van der Waals surface area contributed by atoms with E-state index < -0.39 is 0 Å². The molecule has 0 saturated carbocycles. The van der Waals surface area contributed by atoms with Gasteiger partial charge >= 0.3 is 0 Å². The number of amides is 1. The van der Waals surface area contributed by atoms with Gasteiger partial charge in [-0.15, -0.1) is 6.58 Å². The third kappa shape index (κ3) is 2.89. The lowest BCUT2D eigenvalue weighted by atomic mass is 10.2. The Morgan fingerprint density at radius 1 is 1.30 bits per heavy atom. The maximum atomic E-state index is 13.1. The Morgan fingerprint density at radius 3 is 2.67 bits per heavy atom. The minimum Gasteiger partial charge on any atom is -0.466 e. The Hall–Kier alpha value is -3.09. The van der Waals surface area contributed by atoms with Crippen molar-refractivity contribution in [2.75, 3.05) is 13.1 Å². The monoisotopic (exact) mass is 366 g/mol. The van der Waals surface area contributed by atoms with Gasteiger partial charge in [-0.05, 0) is 32.8 Å². The molecule has 27 heavy (non-hydrogen) atoms. The van der Waals surface area contributed by atoms with Gasteiger partial charge in [-0.2, -0.15) is 0 Å². The van der Waals surface area contributed by atoms with Gasteiger partial charge in [-0.1, -0.05) is 6.08 Å². The number of imidazole rings is 1. The molecule has 1 aliphatic rings. The Morgan fingerprint density at radius 2 is 2.04 bits per heavy atom. The van der Waals surface area contributed by atoms with Gasteiger partial charge in [0.1, 0.15) is 17.2 Å². The number of aryl methyl sites for hydroxylation is 2. The van der Waals surface area contributed by atoms with Gasteiger partial charge in [0.15, 0.2) is 0 Å². The minimum absolute atomic E-state index is 0.122. The van der Waals surface area contributed by atoms with Crippen molar-refractivity contribution in [1.29, 1.82) is 0 Å². The highest BCUT2D eigenvalue weighted by Gasteiger charge is 2.23. The molecule has 0 unspecified atom stereocenters. The summed E-state index contributed by atoms with van der Waals surface area (Å²) in [6, 6.07) is 1.91. The van der Waals surface area contributed by atoms with Crippen LogP contribution >= 0.6 is 0 Å². The number of fused-ring (bicyclic) bond motifs is 1. The molecule has 3 aromatic rings. The van der Waals surface area contributed by atoms with Gasteiger partial charge in [0.2, 0.25) is 5.65 Å². The SMILES string of the molecule is C=CCn1c(-c2cc(C)oc2C)cn2cc(C(=O)N3CCCC3)nc2c1=O. The zero-order chi connectivity index (χ0) is 19.1. The fourth-order valence-electron chi connectivity index (χ4n) is 3.68. The molecular formula is C20H22N4O3. The maximum Gasteiger partial charge on any atom is 0.295 e. The second-order valence-corrected chi connectivity index (χ2v) is 6.90. The van der Waals surface area contributed by atoms with Gasteiger partial charge in [0, 0.05) is 37.6 Å². The topological polar surface area (TPSA) is 72.8 Å². The van der Waals surface area contributed by atoms with Crippen LogP contribution < -0.4 is 5.56 Å². The van der Waals surface area contributed by atoms with Crippen molar-refractivity contribution < 1.29 is 9.21 Å². The molecule has 140 valence electrons. The van der Waals surface area contributed by atoms with Crippen molar-refractivity contribution in [3.05, 3.63) is 58.7 Å². The summed E-state index contributed by atoms with van der Waals surface area (Å²) in [4.78, 5) is 31.9. The first-order valence-corrected chi connectivity index (χ1v) is 9.09. The van der Waals surface area contributed by atoms with E-state index >= 15 is 0 Å². The number of carbonyl (C=O) groups is 1. The second kappa shape index (κ2) is 6.57. The first-order valence-electron chi connectivity index (χ1n) is 9.09. The van der Waals surface area contributed by atoms with E-state index in [-0.39, 0.29) is 17.1 Å². The van der Waals surface area contributed by atoms with Crippen molar-refractivity contribution in [3.8, 4) is 11.3 Å². The smallest absolute Gasteiger partial charge is 0.295 e. The van der Waals surface area contributed by atoms with Crippen LogP contribution in [0.2, 0.25) is 0 Å². The van der Waals surface area contributed by atoms with Crippen LogP contribution in [-0.4, -0.2) is 37.8 Å². The lowest BCUT2D eigenvalue weighted by molar-refractivity contribution is 0.0787. The summed E-state index contributed by atoms with van der Waals surface area (Å²) >= 11 is 0. The fraction of sp³-hybridized carbons (Fsp3) is 0.350. The van der Waals surface area contributed by atoms with E-state index in [1.165, 1.54) is 0 Å². The average molecular weight is 366 g/mol. The standard InChI is InChI=1S/C20H22N4O3/c1-4-7-24-17(15-10-13(2)27-14(15)3)12-23-11-16(21-18(23)20(24)26)19(25)22-8-5-6-9-22/h4,10-12H,1,5-9H2,2-3H3. The van der Waals surface area contributed by atoms with Gasteiger partial charge in [-0.25, -0.2) is 4.98 Å². The van der Waals surface area contributed by atoms with Crippen molar-refractivity contribution in [3.63, 3.8) is 0 Å². The summed E-state index contributed by atoms with van der Waals surface area (Å²) in [5, 5.41) is 0. The van der Waals surface area contributed by atoms with E-state index in [4.69, 9.17) is 4.42 Å². The molecule has 0 radical (unpaired) electrons. The summed E-state index contributed by atoms with van der Waals surface area (Å²) in [5.74, 6) is 1.39. The minimum atomic E-state index is -0.258. The molecule has 1 amide bonds. The molecular weight excluding hydrogens is 344 g/mol. The lowest BCUT2D eigenvalue weighted by Gasteiger charge is -2.12. The molecule has 1 saturated heterocycles. The number of rotatable bonds is 4. The molecule has 0 aliphatic carbocycles. The van der Waals surface area contributed by atoms with Crippen molar-refractivity contribution in [2.24, 2.45) is 0 Å². The maximum absolute atomic E-state index is 13.1. The average Bonchev–Trinajstić information content (AvgIpc) is 3.36. The number of aromatic nitrogens is 3. The van der Waals surface area contributed by atoms with Gasteiger partial charge in [-0.3, -0.25) is 18.6 Å². The quantitative estimate of drug-likeness (QED) is 0.666. The normalized spacial score (nSPS) is 14.2. The van der Waals surface area contributed by atoms with Crippen LogP contribution in [0.5, 0.6) is 0 Å². The molecule has 1 aliphatic heterocycles. The zero-order valence-corrected chi connectivity index (χ0v) is 15.6. The van der Waals surface area contributed by atoms with Crippen LogP contribution in [0.25, 0.3) is 16.9 Å². The van der Waals surface area contributed by atoms with Crippen LogP contribution in [0.1, 0.15) is 34.9 Å². The van der Waals surface area contributed by atoms with E-state index in [1.807, 2.05) is 26.1 Å². The number of likely N-dealkylation sites (tertiary alicyclic amines) is 1. The first-order chi connectivity index (χ1) is 13.0. The van der Waals surface area contributed by atoms with Gasteiger partial charge in [0.05, 0.1) is 5.69 Å². The van der Waals surface area contributed by atoms with Gasteiger partial charge < -0.3 is 9.32 Å². The summed E-state index contributed by atoms with van der Waals surface area (Å²) in [5.41, 5.74) is 1.83. The molecule has 0 spiro atoms. The summed E-state index contributed by atoms with van der Waals surface area (Å²) in [7, 11) is 0. The van der Waals surface area contributed by atoms with Crippen LogP contribution in [0.15, 0.2) is 40.3 Å². The molecule has 4 heterocycles. The molecule has 7 nitrogen and oxygen atoms in total. The number of furan rings is 1. The van der Waals surface area contributed by atoms with E-state index in [2.05, 4.69) is 11.6 Å². The highest BCUT2D eigenvalue weighted by Crippen LogP contribution is 2.26. The molecule has 4 rings (SSSR count). The van der Waals surface area contributed by atoms with Crippen LogP contribution in [0.3, 0.4) is 0 Å². The first kappa shape index (κ1) is 17.3. The van der Waals surface area contributed by atoms with E-state index in [0.29, 0.717) is 17.9 Å². The summed E-state index contributed by atoms with van der Waals surface area (Å²) < 4.78 is 8.89. The highest BCUT2D eigenvalue weighted by atomic mass is 16.3. The number of hydrogen-bond donors (Lipinski definition) is 0. The summed E-state index contributed by atoms with van der Waals surface area (Å²) in [6.45, 7) is 9.32. The number of carbonyl (C=O) groups excluding carboxylic acids is 1. The Labute approximate surface area is 156 Å². The molecule has 7 heteroatoms. The van der Waals surface area contributed by atoms with Crippen molar-refractivity contribution in [2.45, 2.75) is 33.2 Å². The second-order valence-electron chi connectivity index (χ2n) is 6.90. The van der Waals surface area contributed by atoms with Crippen LogP contribution in [0, 0.1) is 13.8 Å². The Kier molecular flexibility index (Phi) is 4.22. The largest absolute Gasteiger partial charge is 0.466 e. The number of hydrogen-bond acceptors (Lipinski definition) is 4.